The second-order valence-corrected chi connectivity index (χ2v) is 5.90. The predicted molar refractivity (Wildman–Crippen MR) is 84.3 cm³/mol. The molecule has 2 aromatic heterocycles. The first-order chi connectivity index (χ1) is 9.45. The lowest BCUT2D eigenvalue weighted by molar-refractivity contribution is 0.817. The second kappa shape index (κ2) is 6.04. The normalized spacial score (nSPS) is 10.8. The van der Waals surface area contributed by atoms with Crippen LogP contribution in [0.25, 0.3) is 0 Å². The molecule has 2 rings (SSSR count). The molecule has 0 radical (unpaired) electrons. The summed E-state index contributed by atoms with van der Waals surface area (Å²) < 4.78 is 0. The van der Waals surface area contributed by atoms with Crippen molar-refractivity contribution in [1.29, 1.82) is 0 Å². The van der Waals surface area contributed by atoms with Crippen molar-refractivity contribution in [2.75, 3.05) is 30.0 Å². The van der Waals surface area contributed by atoms with Crippen LogP contribution in [0, 0.1) is 0 Å². The van der Waals surface area contributed by atoms with Gasteiger partial charge >= 0.3 is 0 Å². The van der Waals surface area contributed by atoms with Crippen LogP contribution in [0.15, 0.2) is 11.4 Å². The van der Waals surface area contributed by atoms with Gasteiger partial charge in [-0.1, -0.05) is 13.8 Å². The van der Waals surface area contributed by atoms with E-state index in [1.807, 2.05) is 30.4 Å². The second-order valence-electron chi connectivity index (χ2n) is 5.06. The van der Waals surface area contributed by atoms with Crippen LogP contribution in [0.5, 0.6) is 0 Å². The van der Waals surface area contributed by atoms with Gasteiger partial charge in [-0.3, -0.25) is 0 Å². The minimum absolute atomic E-state index is 0.297. The molecule has 0 bridgehead atoms. The SMILES string of the molecule is CC(C)c1cc(NCc2csc(N(C)C)n2)nc(N)n1. The monoisotopic (exact) mass is 292 g/mol. The summed E-state index contributed by atoms with van der Waals surface area (Å²) in [5, 5.41) is 6.27. The van der Waals surface area contributed by atoms with Gasteiger partial charge in [0, 0.05) is 25.5 Å². The fraction of sp³-hybridized carbons (Fsp3) is 0.462. The molecule has 3 N–H and O–H groups in total. The highest BCUT2D eigenvalue weighted by Gasteiger charge is 2.07. The third kappa shape index (κ3) is 3.57. The van der Waals surface area contributed by atoms with Crippen molar-refractivity contribution < 1.29 is 0 Å². The number of hydrogen-bond acceptors (Lipinski definition) is 7. The van der Waals surface area contributed by atoms with Crippen molar-refractivity contribution in [3.8, 4) is 0 Å². The lowest BCUT2D eigenvalue weighted by Gasteiger charge is -2.09. The Balaban J connectivity index is 2.06. The number of nitrogens with one attached hydrogen (secondary N) is 1. The summed E-state index contributed by atoms with van der Waals surface area (Å²) in [4.78, 5) is 14.9. The number of anilines is 3. The first-order valence-electron chi connectivity index (χ1n) is 6.45. The molecule has 108 valence electrons. The number of aromatic nitrogens is 3. The Morgan fingerprint density at radius 1 is 1.30 bits per heavy atom. The zero-order valence-corrected chi connectivity index (χ0v) is 13.0. The number of hydrogen-bond donors (Lipinski definition) is 2. The lowest BCUT2D eigenvalue weighted by atomic mass is 10.1. The van der Waals surface area contributed by atoms with Gasteiger partial charge in [0.05, 0.1) is 17.9 Å². The van der Waals surface area contributed by atoms with Gasteiger partial charge in [0.2, 0.25) is 5.95 Å². The molecule has 0 unspecified atom stereocenters. The molecule has 2 heterocycles. The van der Waals surface area contributed by atoms with Crippen LogP contribution >= 0.6 is 11.3 Å². The summed E-state index contributed by atoms with van der Waals surface area (Å²) in [5.74, 6) is 1.35. The zero-order chi connectivity index (χ0) is 14.7. The van der Waals surface area contributed by atoms with E-state index < -0.39 is 0 Å². The van der Waals surface area contributed by atoms with Gasteiger partial charge < -0.3 is 16.0 Å². The molecule has 20 heavy (non-hydrogen) atoms. The molecule has 0 saturated carbocycles. The van der Waals surface area contributed by atoms with E-state index in [4.69, 9.17) is 5.73 Å². The summed E-state index contributed by atoms with van der Waals surface area (Å²) in [6.45, 7) is 4.78. The Morgan fingerprint density at radius 3 is 2.65 bits per heavy atom. The average molecular weight is 292 g/mol. The van der Waals surface area contributed by atoms with E-state index in [0.29, 0.717) is 18.4 Å². The largest absolute Gasteiger partial charge is 0.368 e. The molecule has 0 spiro atoms. The maximum Gasteiger partial charge on any atom is 0.222 e. The third-order valence-corrected chi connectivity index (χ3v) is 3.78. The molecule has 0 aromatic carbocycles. The summed E-state index contributed by atoms with van der Waals surface area (Å²) in [6, 6.07) is 1.93. The van der Waals surface area contributed by atoms with Crippen LogP contribution < -0.4 is 16.0 Å². The summed E-state index contributed by atoms with van der Waals surface area (Å²) in [5.41, 5.74) is 7.65. The number of rotatable bonds is 5. The summed E-state index contributed by atoms with van der Waals surface area (Å²) in [7, 11) is 3.96. The minimum atomic E-state index is 0.297. The molecule has 7 heteroatoms. The van der Waals surface area contributed by atoms with Crippen LogP contribution in [-0.4, -0.2) is 29.0 Å². The Bertz CT molecular complexity index is 578. The van der Waals surface area contributed by atoms with Crippen LogP contribution in [0.1, 0.15) is 31.2 Å². The summed E-state index contributed by atoms with van der Waals surface area (Å²) >= 11 is 1.62. The van der Waals surface area contributed by atoms with E-state index in [1.54, 1.807) is 11.3 Å². The van der Waals surface area contributed by atoms with Gasteiger partial charge in [-0.2, -0.15) is 4.98 Å². The number of nitrogens with two attached hydrogens (primary N) is 1. The highest BCUT2D eigenvalue weighted by molar-refractivity contribution is 7.13. The summed E-state index contributed by atoms with van der Waals surface area (Å²) in [6.07, 6.45) is 0. The van der Waals surface area contributed by atoms with E-state index in [9.17, 15) is 0 Å². The van der Waals surface area contributed by atoms with E-state index >= 15 is 0 Å². The topological polar surface area (TPSA) is 80.0 Å². The lowest BCUT2D eigenvalue weighted by Crippen LogP contribution is -2.09. The van der Waals surface area contributed by atoms with Gasteiger partial charge in [-0.15, -0.1) is 11.3 Å². The van der Waals surface area contributed by atoms with Crippen molar-refractivity contribution in [2.45, 2.75) is 26.3 Å². The number of thiazole rings is 1. The van der Waals surface area contributed by atoms with E-state index in [0.717, 1.165) is 22.3 Å². The van der Waals surface area contributed by atoms with Gasteiger partial charge in [-0.25, -0.2) is 9.97 Å². The molecule has 0 amide bonds. The molecule has 0 saturated heterocycles. The van der Waals surface area contributed by atoms with Gasteiger partial charge in [-0.05, 0) is 5.92 Å². The Labute approximate surface area is 123 Å². The molecular formula is C13H20N6S. The number of nitrogens with zero attached hydrogens (tertiary/aromatic N) is 4. The maximum atomic E-state index is 5.73. The minimum Gasteiger partial charge on any atom is -0.368 e. The molecule has 6 nitrogen and oxygen atoms in total. The first kappa shape index (κ1) is 14.5. The standard InChI is InChI=1S/C13H20N6S/c1-8(2)10-5-11(18-12(14)17-10)15-6-9-7-20-13(16-9)19(3)4/h5,7-8H,6H2,1-4H3,(H3,14,15,17,18). The van der Waals surface area contributed by atoms with E-state index in [-0.39, 0.29) is 0 Å². The Hall–Kier alpha value is -1.89. The highest BCUT2D eigenvalue weighted by Crippen LogP contribution is 2.20. The van der Waals surface area contributed by atoms with E-state index in [1.165, 1.54) is 0 Å². The predicted octanol–water partition coefficient (Wildman–Crippen LogP) is 2.32. The molecule has 0 atom stereocenters. The van der Waals surface area contributed by atoms with Crippen molar-refractivity contribution in [3.63, 3.8) is 0 Å². The van der Waals surface area contributed by atoms with Crippen molar-refractivity contribution in [3.05, 3.63) is 22.8 Å². The smallest absolute Gasteiger partial charge is 0.222 e. The Morgan fingerprint density at radius 2 is 2.05 bits per heavy atom. The highest BCUT2D eigenvalue weighted by atomic mass is 32.1. The fourth-order valence-corrected chi connectivity index (χ4v) is 2.39. The number of nitrogen functional groups attached to an aromatic ring is 1. The van der Waals surface area contributed by atoms with Crippen LogP contribution in [0.2, 0.25) is 0 Å². The maximum absolute atomic E-state index is 5.73. The van der Waals surface area contributed by atoms with Crippen molar-refractivity contribution in [1.82, 2.24) is 15.0 Å². The molecular weight excluding hydrogens is 272 g/mol. The molecule has 2 aromatic rings. The molecule has 0 aliphatic carbocycles. The van der Waals surface area contributed by atoms with Crippen molar-refractivity contribution >= 4 is 28.2 Å². The zero-order valence-electron chi connectivity index (χ0n) is 12.2. The van der Waals surface area contributed by atoms with Gasteiger partial charge in [0.15, 0.2) is 5.13 Å². The molecule has 0 aliphatic heterocycles. The fourth-order valence-electron chi connectivity index (χ4n) is 1.64. The van der Waals surface area contributed by atoms with Crippen LogP contribution in [0.4, 0.5) is 16.9 Å². The van der Waals surface area contributed by atoms with E-state index in [2.05, 4.69) is 34.1 Å². The van der Waals surface area contributed by atoms with Crippen molar-refractivity contribution in [2.24, 2.45) is 0 Å². The molecule has 0 fully saturated rings. The van der Waals surface area contributed by atoms with Crippen LogP contribution in [0.3, 0.4) is 0 Å². The average Bonchev–Trinajstić information content (AvgIpc) is 2.84. The molecule has 0 aliphatic rings. The van der Waals surface area contributed by atoms with Gasteiger partial charge in [0.1, 0.15) is 5.82 Å². The Kier molecular flexibility index (Phi) is 4.39. The third-order valence-electron chi connectivity index (χ3n) is 2.73. The first-order valence-corrected chi connectivity index (χ1v) is 7.33. The van der Waals surface area contributed by atoms with Gasteiger partial charge in [0.25, 0.3) is 0 Å². The van der Waals surface area contributed by atoms with Crippen LogP contribution in [-0.2, 0) is 6.54 Å². The quantitative estimate of drug-likeness (QED) is 0.880.